The quantitative estimate of drug-likeness (QED) is 0.491. The second-order valence-corrected chi connectivity index (χ2v) is 9.70. The second-order valence-electron chi connectivity index (χ2n) is 7.93. The van der Waals surface area contributed by atoms with Gasteiger partial charge in [-0.1, -0.05) is 0 Å². The molecule has 0 aromatic heterocycles. The number of fused-ring (bicyclic) bond motifs is 1. The first-order chi connectivity index (χ1) is 16.3. The molecule has 2 aromatic rings. The van der Waals surface area contributed by atoms with Crippen molar-refractivity contribution in [2.24, 2.45) is 0 Å². The van der Waals surface area contributed by atoms with E-state index in [9.17, 15) is 36.0 Å². The molecule has 3 amide bonds. The summed E-state index contributed by atoms with van der Waals surface area (Å²) in [5, 5.41) is 5.13. The molecule has 1 heterocycles. The van der Waals surface area contributed by atoms with E-state index in [1.165, 1.54) is 38.1 Å². The van der Waals surface area contributed by atoms with E-state index in [1.807, 2.05) is 0 Å². The van der Waals surface area contributed by atoms with Crippen LogP contribution in [-0.2, 0) is 26.0 Å². The van der Waals surface area contributed by atoms with Crippen molar-refractivity contribution in [2.45, 2.75) is 37.4 Å². The SMILES string of the molecule is CC(=O)Nc1ccc(C(=O)NCCNS(=O)(=O)c2ccc3c(c2)CC(C)N3C(=O)C(F)(F)F)cc1. The largest absolute Gasteiger partial charge is 0.471 e. The molecule has 1 unspecified atom stereocenters. The van der Waals surface area contributed by atoms with Crippen LogP contribution in [0.2, 0.25) is 0 Å². The molecule has 188 valence electrons. The molecule has 1 atom stereocenters. The molecule has 1 aliphatic heterocycles. The van der Waals surface area contributed by atoms with Gasteiger partial charge in [0.15, 0.2) is 0 Å². The highest BCUT2D eigenvalue weighted by atomic mass is 32.2. The van der Waals surface area contributed by atoms with Crippen LogP contribution in [0.15, 0.2) is 47.4 Å². The van der Waals surface area contributed by atoms with Crippen LogP contribution in [0.4, 0.5) is 24.5 Å². The van der Waals surface area contributed by atoms with Gasteiger partial charge in [-0.2, -0.15) is 13.2 Å². The molecule has 35 heavy (non-hydrogen) atoms. The first-order valence-corrected chi connectivity index (χ1v) is 12.0. The minimum Gasteiger partial charge on any atom is -0.351 e. The summed E-state index contributed by atoms with van der Waals surface area (Å²) < 4.78 is 66.2. The van der Waals surface area contributed by atoms with Crippen molar-refractivity contribution < 1.29 is 36.0 Å². The lowest BCUT2D eigenvalue weighted by Crippen LogP contribution is -2.44. The summed E-state index contributed by atoms with van der Waals surface area (Å²) in [6.45, 7) is 2.65. The van der Waals surface area contributed by atoms with Crippen molar-refractivity contribution >= 4 is 39.1 Å². The van der Waals surface area contributed by atoms with E-state index in [-0.39, 0.29) is 36.0 Å². The maximum absolute atomic E-state index is 12.9. The van der Waals surface area contributed by atoms with Crippen molar-refractivity contribution in [1.29, 1.82) is 0 Å². The molecule has 0 saturated heterocycles. The molecule has 0 aliphatic carbocycles. The number of nitrogens with one attached hydrogen (secondary N) is 3. The Labute approximate surface area is 199 Å². The fourth-order valence-electron chi connectivity index (χ4n) is 3.68. The lowest BCUT2D eigenvalue weighted by Gasteiger charge is -2.23. The molecule has 0 spiro atoms. The summed E-state index contributed by atoms with van der Waals surface area (Å²) in [4.78, 5) is 35.4. The Hall–Kier alpha value is -3.45. The van der Waals surface area contributed by atoms with Crippen LogP contribution >= 0.6 is 0 Å². The van der Waals surface area contributed by atoms with E-state index in [0.717, 1.165) is 6.07 Å². The van der Waals surface area contributed by atoms with Crippen LogP contribution < -0.4 is 20.3 Å². The third kappa shape index (κ3) is 6.17. The number of alkyl halides is 3. The van der Waals surface area contributed by atoms with Crippen LogP contribution in [0.1, 0.15) is 29.8 Å². The lowest BCUT2D eigenvalue weighted by atomic mass is 10.1. The third-order valence-corrected chi connectivity index (χ3v) is 6.67. The molecule has 1 aliphatic rings. The average Bonchev–Trinajstić information content (AvgIpc) is 3.10. The highest BCUT2D eigenvalue weighted by Gasteiger charge is 2.47. The zero-order valence-electron chi connectivity index (χ0n) is 18.8. The van der Waals surface area contributed by atoms with E-state index >= 15 is 0 Å². The smallest absolute Gasteiger partial charge is 0.351 e. The van der Waals surface area contributed by atoms with E-state index < -0.39 is 34.1 Å². The number of benzene rings is 2. The standard InChI is InChI=1S/C22H23F3N4O5S/c1-13-11-16-12-18(7-8-19(16)29(13)21(32)22(23,24)25)35(33,34)27-10-9-26-20(31)15-3-5-17(6-4-15)28-14(2)30/h3-8,12-13,27H,9-11H2,1-2H3,(H,26,31)(H,28,30). The molecule has 3 rings (SSSR count). The van der Waals surface area contributed by atoms with Crippen LogP contribution in [0.5, 0.6) is 0 Å². The van der Waals surface area contributed by atoms with Crippen LogP contribution in [0.3, 0.4) is 0 Å². The van der Waals surface area contributed by atoms with Gasteiger partial charge in [-0.15, -0.1) is 0 Å². The Morgan fingerprint density at radius 1 is 1.06 bits per heavy atom. The van der Waals surface area contributed by atoms with Gasteiger partial charge in [-0.25, -0.2) is 13.1 Å². The fourth-order valence-corrected chi connectivity index (χ4v) is 4.76. The number of nitrogens with zero attached hydrogens (tertiary/aromatic N) is 1. The molecule has 2 aromatic carbocycles. The van der Waals surface area contributed by atoms with Gasteiger partial charge in [0.05, 0.1) is 4.90 Å². The Morgan fingerprint density at radius 2 is 1.71 bits per heavy atom. The minimum atomic E-state index is -5.04. The number of rotatable bonds is 7. The first kappa shape index (κ1) is 26.2. The molecule has 9 nitrogen and oxygen atoms in total. The Morgan fingerprint density at radius 3 is 2.31 bits per heavy atom. The molecule has 0 radical (unpaired) electrons. The molecule has 0 bridgehead atoms. The summed E-state index contributed by atoms with van der Waals surface area (Å²) in [6, 6.07) is 8.90. The number of carbonyl (C=O) groups excluding carboxylic acids is 3. The van der Waals surface area contributed by atoms with E-state index in [2.05, 4.69) is 15.4 Å². The van der Waals surface area contributed by atoms with Gasteiger partial charge in [0, 0.05) is 43.0 Å². The van der Waals surface area contributed by atoms with Crippen LogP contribution in [-0.4, -0.2) is 51.4 Å². The molecule has 0 fully saturated rings. The normalized spacial score (nSPS) is 15.5. The maximum Gasteiger partial charge on any atom is 0.471 e. The Balaban J connectivity index is 1.58. The van der Waals surface area contributed by atoms with Crippen LogP contribution in [0, 0.1) is 0 Å². The highest BCUT2D eigenvalue weighted by Crippen LogP contribution is 2.36. The Bertz CT molecular complexity index is 1250. The van der Waals surface area contributed by atoms with Gasteiger partial charge >= 0.3 is 12.1 Å². The van der Waals surface area contributed by atoms with E-state index in [4.69, 9.17) is 0 Å². The van der Waals surface area contributed by atoms with Gasteiger partial charge in [-0.05, 0) is 61.4 Å². The Kier molecular flexibility index (Phi) is 7.50. The average molecular weight is 513 g/mol. The molecule has 13 heteroatoms. The van der Waals surface area contributed by atoms with Crippen molar-refractivity contribution in [3.05, 3.63) is 53.6 Å². The van der Waals surface area contributed by atoms with Gasteiger partial charge in [0.25, 0.3) is 5.91 Å². The third-order valence-electron chi connectivity index (χ3n) is 5.21. The number of sulfonamides is 1. The van der Waals surface area contributed by atoms with E-state index in [1.54, 1.807) is 12.1 Å². The number of anilines is 2. The van der Waals surface area contributed by atoms with Gasteiger partial charge in [0.2, 0.25) is 15.9 Å². The molecular formula is C22H23F3N4O5S. The number of amides is 3. The van der Waals surface area contributed by atoms with Crippen molar-refractivity contribution in [3.8, 4) is 0 Å². The summed E-state index contributed by atoms with van der Waals surface area (Å²) in [6.07, 6.45) is -4.96. The van der Waals surface area contributed by atoms with Crippen LogP contribution in [0.25, 0.3) is 0 Å². The second kappa shape index (κ2) is 10.0. The van der Waals surface area contributed by atoms with Gasteiger partial charge < -0.3 is 15.5 Å². The fraction of sp³-hybridized carbons (Fsp3) is 0.318. The number of hydrogen-bond donors (Lipinski definition) is 3. The number of halogens is 3. The summed E-state index contributed by atoms with van der Waals surface area (Å²) in [5.41, 5.74) is 1.17. The summed E-state index contributed by atoms with van der Waals surface area (Å²) >= 11 is 0. The summed E-state index contributed by atoms with van der Waals surface area (Å²) in [5.74, 6) is -2.70. The molecule has 3 N–H and O–H groups in total. The van der Waals surface area contributed by atoms with Gasteiger partial charge in [-0.3, -0.25) is 14.4 Å². The lowest BCUT2D eigenvalue weighted by molar-refractivity contribution is -0.170. The van der Waals surface area contributed by atoms with Crippen molar-refractivity contribution in [3.63, 3.8) is 0 Å². The minimum absolute atomic E-state index is 0.0237. The zero-order chi connectivity index (χ0) is 26.0. The van der Waals surface area contributed by atoms with Crippen molar-refractivity contribution in [1.82, 2.24) is 10.0 Å². The molecular weight excluding hydrogens is 489 g/mol. The molecule has 0 saturated carbocycles. The highest BCUT2D eigenvalue weighted by molar-refractivity contribution is 7.89. The zero-order valence-corrected chi connectivity index (χ0v) is 19.6. The predicted molar refractivity (Wildman–Crippen MR) is 121 cm³/mol. The first-order valence-electron chi connectivity index (χ1n) is 10.5. The predicted octanol–water partition coefficient (Wildman–Crippen LogP) is 2.19. The summed E-state index contributed by atoms with van der Waals surface area (Å²) in [7, 11) is -4.01. The van der Waals surface area contributed by atoms with Crippen molar-refractivity contribution in [2.75, 3.05) is 23.3 Å². The topological polar surface area (TPSA) is 125 Å². The maximum atomic E-state index is 12.9. The number of hydrogen-bond acceptors (Lipinski definition) is 5. The van der Waals surface area contributed by atoms with Gasteiger partial charge in [0.1, 0.15) is 0 Å². The number of carbonyl (C=O) groups is 3. The van der Waals surface area contributed by atoms with E-state index in [0.29, 0.717) is 21.7 Å². The monoisotopic (exact) mass is 512 g/mol.